The summed E-state index contributed by atoms with van der Waals surface area (Å²) in [5.74, 6) is -0.595. The molecule has 9 nitrogen and oxygen atoms in total. The fourth-order valence-electron chi connectivity index (χ4n) is 1.79. The van der Waals surface area contributed by atoms with E-state index >= 15 is 0 Å². The summed E-state index contributed by atoms with van der Waals surface area (Å²) in [5, 5.41) is 18.6. The van der Waals surface area contributed by atoms with Gasteiger partial charge in [0.15, 0.2) is 5.65 Å². The Balaban J connectivity index is 1.89. The zero-order valence-electron chi connectivity index (χ0n) is 13.2. The number of hydrogen-bond acceptors (Lipinski definition) is 6. The summed E-state index contributed by atoms with van der Waals surface area (Å²) in [6.07, 6.45) is 2.36. The molecule has 0 aliphatic carbocycles. The van der Waals surface area contributed by atoms with Gasteiger partial charge in [0.25, 0.3) is 0 Å². The molecule has 0 radical (unpaired) electrons. The van der Waals surface area contributed by atoms with E-state index in [-0.39, 0.29) is 11.2 Å². The molecule has 23 heavy (non-hydrogen) atoms. The van der Waals surface area contributed by atoms with E-state index in [1.165, 1.54) is 10.7 Å². The number of nitrogens with zero attached hydrogens (tertiary/aromatic N) is 3. The quantitative estimate of drug-likeness (QED) is 0.712. The van der Waals surface area contributed by atoms with E-state index in [9.17, 15) is 9.59 Å². The van der Waals surface area contributed by atoms with Crippen molar-refractivity contribution in [2.24, 2.45) is 0 Å². The van der Waals surface area contributed by atoms with Crippen LogP contribution in [0.15, 0.2) is 18.5 Å². The molecule has 0 aliphatic heterocycles. The molecular weight excluding hydrogens is 302 g/mol. The highest BCUT2D eigenvalue weighted by molar-refractivity contribution is 5.94. The van der Waals surface area contributed by atoms with E-state index < -0.39 is 17.7 Å². The minimum Gasteiger partial charge on any atom is -0.477 e. The number of amides is 1. The van der Waals surface area contributed by atoms with Gasteiger partial charge in [0, 0.05) is 19.3 Å². The van der Waals surface area contributed by atoms with Gasteiger partial charge in [0.2, 0.25) is 0 Å². The molecule has 0 saturated carbocycles. The number of hydrogen-bond donors (Lipinski definition) is 3. The van der Waals surface area contributed by atoms with Gasteiger partial charge in [-0.3, -0.25) is 0 Å². The third-order valence-corrected chi connectivity index (χ3v) is 2.70. The molecule has 2 heterocycles. The number of carboxylic acids is 1. The Morgan fingerprint density at radius 3 is 2.74 bits per heavy atom. The fourth-order valence-corrected chi connectivity index (χ4v) is 1.79. The zero-order valence-corrected chi connectivity index (χ0v) is 13.2. The number of alkyl carbamates (subject to hydrolysis) is 1. The average molecular weight is 321 g/mol. The van der Waals surface area contributed by atoms with Crippen molar-refractivity contribution in [3.05, 3.63) is 24.0 Å². The molecule has 124 valence electrons. The molecular formula is C14H19N5O4. The van der Waals surface area contributed by atoms with Gasteiger partial charge in [0.05, 0.1) is 6.20 Å². The SMILES string of the molecule is CC(C)(C)OC(=O)NCCNc1ccn2ncc(C(=O)O)c2n1. The number of carbonyl (C=O) groups excluding carboxylic acids is 1. The zero-order chi connectivity index (χ0) is 17.0. The van der Waals surface area contributed by atoms with Gasteiger partial charge >= 0.3 is 12.1 Å². The molecule has 0 fully saturated rings. The Bertz CT molecular complexity index is 720. The summed E-state index contributed by atoms with van der Waals surface area (Å²) < 4.78 is 6.49. The van der Waals surface area contributed by atoms with Gasteiger partial charge < -0.3 is 20.5 Å². The van der Waals surface area contributed by atoms with Gasteiger partial charge in [0.1, 0.15) is 17.0 Å². The van der Waals surface area contributed by atoms with E-state index in [2.05, 4.69) is 20.7 Å². The predicted octanol–water partition coefficient (Wildman–Crippen LogP) is 1.36. The Kier molecular flexibility index (Phi) is 4.68. The van der Waals surface area contributed by atoms with Gasteiger partial charge in [-0.25, -0.2) is 19.1 Å². The molecule has 0 aliphatic rings. The van der Waals surface area contributed by atoms with Crippen molar-refractivity contribution in [3.63, 3.8) is 0 Å². The molecule has 9 heteroatoms. The van der Waals surface area contributed by atoms with Crippen LogP contribution < -0.4 is 10.6 Å². The molecule has 2 rings (SSSR count). The summed E-state index contributed by atoms with van der Waals surface area (Å²) >= 11 is 0. The first-order valence-electron chi connectivity index (χ1n) is 7.05. The third-order valence-electron chi connectivity index (χ3n) is 2.70. The topological polar surface area (TPSA) is 118 Å². The van der Waals surface area contributed by atoms with Crippen LogP contribution in [-0.4, -0.2) is 50.5 Å². The lowest BCUT2D eigenvalue weighted by Crippen LogP contribution is -2.35. The average Bonchev–Trinajstić information content (AvgIpc) is 2.85. The van der Waals surface area contributed by atoms with E-state index in [4.69, 9.17) is 9.84 Å². The Morgan fingerprint density at radius 1 is 1.35 bits per heavy atom. The van der Waals surface area contributed by atoms with E-state index in [0.29, 0.717) is 18.9 Å². The van der Waals surface area contributed by atoms with E-state index in [0.717, 1.165) is 0 Å². The number of ether oxygens (including phenoxy) is 1. The number of anilines is 1. The Morgan fingerprint density at radius 2 is 2.09 bits per heavy atom. The van der Waals surface area contributed by atoms with Crippen LogP contribution in [0, 0.1) is 0 Å². The molecule has 2 aromatic rings. The molecule has 0 bridgehead atoms. The third kappa shape index (κ3) is 4.56. The number of rotatable bonds is 5. The molecule has 3 N–H and O–H groups in total. The maximum absolute atomic E-state index is 11.5. The first-order valence-corrected chi connectivity index (χ1v) is 7.05. The number of carbonyl (C=O) groups is 2. The van der Waals surface area contributed by atoms with Crippen molar-refractivity contribution in [1.29, 1.82) is 0 Å². The van der Waals surface area contributed by atoms with Crippen molar-refractivity contribution in [2.75, 3.05) is 18.4 Å². The smallest absolute Gasteiger partial charge is 0.407 e. The second-order valence-electron chi connectivity index (χ2n) is 5.80. The van der Waals surface area contributed by atoms with Crippen LogP contribution in [0.4, 0.5) is 10.6 Å². The predicted molar refractivity (Wildman–Crippen MR) is 82.7 cm³/mol. The lowest BCUT2D eigenvalue weighted by Gasteiger charge is -2.19. The molecule has 1 amide bonds. The van der Waals surface area contributed by atoms with Crippen LogP contribution in [0.3, 0.4) is 0 Å². The monoisotopic (exact) mass is 321 g/mol. The summed E-state index contributed by atoms with van der Waals surface area (Å²) in [5.41, 5.74) is -0.262. The number of nitrogens with one attached hydrogen (secondary N) is 2. The van der Waals surface area contributed by atoms with Crippen LogP contribution >= 0.6 is 0 Å². The lowest BCUT2D eigenvalue weighted by molar-refractivity contribution is 0.0529. The van der Waals surface area contributed by atoms with Crippen molar-refractivity contribution in [1.82, 2.24) is 19.9 Å². The maximum Gasteiger partial charge on any atom is 0.407 e. The van der Waals surface area contributed by atoms with Crippen molar-refractivity contribution in [3.8, 4) is 0 Å². The number of fused-ring (bicyclic) bond motifs is 1. The standard InChI is InChI=1S/C14H19N5O4/c1-14(2,3)23-13(22)16-6-5-15-10-4-7-19-11(18-10)9(8-17-19)12(20)21/h4,7-8H,5-6H2,1-3H3,(H,15,18)(H,16,22)(H,20,21). The summed E-state index contributed by atoms with van der Waals surface area (Å²) in [6.45, 7) is 6.12. The van der Waals surface area contributed by atoms with Crippen LogP contribution in [0.25, 0.3) is 5.65 Å². The van der Waals surface area contributed by atoms with Crippen molar-refractivity contribution >= 4 is 23.5 Å². The minimum absolute atomic E-state index is 0.0283. The molecule has 0 atom stereocenters. The van der Waals surface area contributed by atoms with Crippen molar-refractivity contribution in [2.45, 2.75) is 26.4 Å². The molecule has 2 aromatic heterocycles. The van der Waals surface area contributed by atoms with Crippen molar-refractivity contribution < 1.29 is 19.4 Å². The normalized spacial score (nSPS) is 11.3. The number of carboxylic acid groups (broad SMARTS) is 1. The number of aromatic carboxylic acids is 1. The maximum atomic E-state index is 11.5. The summed E-state index contributed by atoms with van der Waals surface area (Å²) in [4.78, 5) is 26.7. The highest BCUT2D eigenvalue weighted by Gasteiger charge is 2.15. The highest BCUT2D eigenvalue weighted by Crippen LogP contribution is 2.11. The van der Waals surface area contributed by atoms with Gasteiger partial charge in [-0.15, -0.1) is 0 Å². The summed E-state index contributed by atoms with van der Waals surface area (Å²) in [6, 6.07) is 1.67. The second kappa shape index (κ2) is 6.51. The van der Waals surface area contributed by atoms with Crippen LogP contribution in [0.5, 0.6) is 0 Å². The lowest BCUT2D eigenvalue weighted by atomic mass is 10.2. The number of aromatic nitrogens is 3. The fraction of sp³-hybridized carbons (Fsp3) is 0.429. The molecule has 0 spiro atoms. The minimum atomic E-state index is -1.09. The molecule has 0 saturated heterocycles. The van der Waals surface area contributed by atoms with Crippen LogP contribution in [-0.2, 0) is 4.74 Å². The molecule has 0 unspecified atom stereocenters. The highest BCUT2D eigenvalue weighted by atomic mass is 16.6. The molecule has 0 aromatic carbocycles. The largest absolute Gasteiger partial charge is 0.477 e. The van der Waals surface area contributed by atoms with Crippen LogP contribution in [0.1, 0.15) is 31.1 Å². The van der Waals surface area contributed by atoms with Gasteiger partial charge in [-0.1, -0.05) is 0 Å². The first-order chi connectivity index (χ1) is 10.8. The first kappa shape index (κ1) is 16.5. The van der Waals surface area contributed by atoms with Crippen LogP contribution in [0.2, 0.25) is 0 Å². The van der Waals surface area contributed by atoms with E-state index in [1.807, 2.05) is 0 Å². The van der Waals surface area contributed by atoms with Gasteiger partial charge in [-0.2, -0.15) is 5.10 Å². The Labute approximate surface area is 132 Å². The summed E-state index contributed by atoms with van der Waals surface area (Å²) in [7, 11) is 0. The Hall–Kier alpha value is -2.84. The van der Waals surface area contributed by atoms with E-state index in [1.54, 1.807) is 33.0 Å². The van der Waals surface area contributed by atoms with Gasteiger partial charge in [-0.05, 0) is 26.8 Å². The second-order valence-corrected chi connectivity index (χ2v) is 5.80.